The number of halogens is 1. The number of hydrogen-bond acceptors (Lipinski definition) is 3. The number of allylic oxidation sites excluding steroid dienone is 2. The Hall–Kier alpha value is -1.53. The molecule has 1 fully saturated rings. The normalized spacial score (nSPS) is 22.7. The first-order chi connectivity index (χ1) is 8.66. The maximum absolute atomic E-state index is 11.9. The first kappa shape index (κ1) is 12.9. The van der Waals surface area contributed by atoms with Gasteiger partial charge >= 0.3 is 0 Å². The van der Waals surface area contributed by atoms with Gasteiger partial charge in [-0.05, 0) is 43.4 Å². The van der Waals surface area contributed by atoms with Crippen molar-refractivity contribution in [3.05, 3.63) is 27.9 Å². The number of amides is 3. The van der Waals surface area contributed by atoms with Crippen LogP contribution in [0.4, 0.5) is 0 Å². The zero-order valence-electron chi connectivity index (χ0n) is 9.40. The topological polar surface area (TPSA) is 75.3 Å². The van der Waals surface area contributed by atoms with Crippen LogP contribution in [-0.2, 0) is 14.4 Å². The molecule has 6 heteroatoms. The summed E-state index contributed by atoms with van der Waals surface area (Å²) < 4.78 is 5.04. The number of carbonyl (C=O) groups is 3. The van der Waals surface area contributed by atoms with Crippen LogP contribution in [0.25, 0.3) is 0 Å². The van der Waals surface area contributed by atoms with E-state index in [2.05, 4.69) is 14.3 Å². The Labute approximate surface area is 114 Å². The summed E-state index contributed by atoms with van der Waals surface area (Å²) in [6.07, 6.45) is 5.77. The van der Waals surface area contributed by atoms with Gasteiger partial charge in [-0.3, -0.25) is 19.7 Å². The van der Waals surface area contributed by atoms with Gasteiger partial charge in [0.15, 0.2) is 0 Å². The lowest BCUT2D eigenvalue weighted by atomic mass is 10.1. The third-order valence-corrected chi connectivity index (χ3v) is 3.94. The first-order valence-corrected chi connectivity index (χ1v) is 7.72. The Morgan fingerprint density at radius 2 is 2.33 bits per heavy atom. The van der Waals surface area contributed by atoms with Crippen LogP contribution >= 0.6 is 20.7 Å². The molecule has 0 aliphatic carbocycles. The maximum atomic E-state index is 11.9. The Morgan fingerprint density at radius 1 is 1.50 bits per heavy atom. The Kier molecular flexibility index (Phi) is 4.22. The highest BCUT2D eigenvalue weighted by atomic mass is 127. The van der Waals surface area contributed by atoms with Crippen molar-refractivity contribution in [2.45, 2.75) is 18.9 Å². The Balaban J connectivity index is 2.01. The second-order valence-corrected chi connectivity index (χ2v) is 5.74. The van der Waals surface area contributed by atoms with Gasteiger partial charge in [-0.15, -0.1) is 0 Å². The molecule has 0 bridgehead atoms. The number of carbonyl (C=O) groups excluding carboxylic acids is 3. The van der Waals surface area contributed by atoms with Gasteiger partial charge in [0.25, 0.3) is 5.91 Å². The molecule has 3 amide bonds. The summed E-state index contributed by atoms with van der Waals surface area (Å²) in [5.74, 6) is -1.04. The fraction of sp³-hybridized carbons (Fsp3) is 0.250. The van der Waals surface area contributed by atoms with Crippen molar-refractivity contribution >= 4 is 42.1 Å². The molecule has 2 heterocycles. The summed E-state index contributed by atoms with van der Waals surface area (Å²) in [6.45, 7) is 0. The van der Waals surface area contributed by atoms with Gasteiger partial charge in [0.2, 0.25) is 11.8 Å². The SMILES string of the molecule is O=C1CCC(NC(=O)C2=CC=CI=C=C2)C(=O)N1. The molecule has 0 aromatic rings. The van der Waals surface area contributed by atoms with E-state index >= 15 is 0 Å². The van der Waals surface area contributed by atoms with Crippen LogP contribution in [0.15, 0.2) is 27.9 Å². The molecule has 5 nitrogen and oxygen atoms in total. The van der Waals surface area contributed by atoms with Crippen LogP contribution in [-0.4, -0.2) is 27.4 Å². The van der Waals surface area contributed by atoms with Crippen molar-refractivity contribution in [2.24, 2.45) is 0 Å². The second kappa shape index (κ2) is 5.88. The van der Waals surface area contributed by atoms with Gasteiger partial charge in [0.1, 0.15) is 6.04 Å². The van der Waals surface area contributed by atoms with E-state index in [9.17, 15) is 14.4 Å². The van der Waals surface area contributed by atoms with Crippen LogP contribution < -0.4 is 10.6 Å². The molecule has 1 saturated heterocycles. The minimum atomic E-state index is -0.633. The highest BCUT2D eigenvalue weighted by Crippen LogP contribution is 2.08. The lowest BCUT2D eigenvalue weighted by molar-refractivity contribution is -0.136. The molecule has 2 rings (SSSR count). The molecule has 0 saturated carbocycles. The van der Waals surface area contributed by atoms with Gasteiger partial charge in [0.05, 0.1) is 0 Å². The third-order valence-electron chi connectivity index (χ3n) is 2.49. The van der Waals surface area contributed by atoms with E-state index in [-0.39, 0.29) is 39.0 Å². The molecule has 2 aliphatic rings. The van der Waals surface area contributed by atoms with Crippen LogP contribution in [0.2, 0.25) is 0 Å². The van der Waals surface area contributed by atoms with E-state index in [0.29, 0.717) is 12.0 Å². The molecule has 18 heavy (non-hydrogen) atoms. The van der Waals surface area contributed by atoms with Crippen LogP contribution in [0, 0.1) is 0 Å². The van der Waals surface area contributed by atoms with Gasteiger partial charge < -0.3 is 5.32 Å². The van der Waals surface area contributed by atoms with Crippen LogP contribution in [0.1, 0.15) is 12.8 Å². The summed E-state index contributed by atoms with van der Waals surface area (Å²) in [4.78, 5) is 34.4. The van der Waals surface area contributed by atoms with E-state index in [4.69, 9.17) is 0 Å². The summed E-state index contributed by atoms with van der Waals surface area (Å²) in [6, 6.07) is -0.633. The van der Waals surface area contributed by atoms with E-state index in [1.165, 1.54) is 0 Å². The van der Waals surface area contributed by atoms with E-state index < -0.39 is 11.9 Å². The predicted octanol–water partition coefficient (Wildman–Crippen LogP) is 0.290. The van der Waals surface area contributed by atoms with Gasteiger partial charge in [0, 0.05) is 12.0 Å². The monoisotopic (exact) mass is 358 g/mol. The van der Waals surface area contributed by atoms with Crippen molar-refractivity contribution in [2.75, 3.05) is 0 Å². The highest BCUT2D eigenvalue weighted by Gasteiger charge is 2.28. The van der Waals surface area contributed by atoms with E-state index in [1.807, 2.05) is 10.2 Å². The smallest absolute Gasteiger partial charge is 0.252 e. The van der Waals surface area contributed by atoms with Crippen molar-refractivity contribution < 1.29 is 14.4 Å². The fourth-order valence-electron chi connectivity index (χ4n) is 1.57. The fourth-order valence-corrected chi connectivity index (χ4v) is 2.70. The number of rotatable bonds is 2. The quantitative estimate of drug-likeness (QED) is 0.551. The van der Waals surface area contributed by atoms with Crippen molar-refractivity contribution in [3.8, 4) is 0 Å². The van der Waals surface area contributed by atoms with Crippen molar-refractivity contribution in [1.29, 1.82) is 0 Å². The molecule has 0 aromatic heterocycles. The average molecular weight is 358 g/mol. The molecule has 0 radical (unpaired) electrons. The molecule has 2 N–H and O–H groups in total. The first-order valence-electron chi connectivity index (χ1n) is 5.39. The van der Waals surface area contributed by atoms with E-state index in [1.54, 1.807) is 12.2 Å². The largest absolute Gasteiger partial charge is 0.340 e. The minimum Gasteiger partial charge on any atom is -0.340 e. The Morgan fingerprint density at radius 3 is 3.11 bits per heavy atom. The molecule has 2 aliphatic heterocycles. The van der Waals surface area contributed by atoms with Crippen LogP contribution in [0.5, 0.6) is 0 Å². The van der Waals surface area contributed by atoms with Gasteiger partial charge in [-0.2, -0.15) is 0 Å². The Bertz CT molecular complexity index is 527. The zero-order chi connectivity index (χ0) is 13.0. The molecular formula is C12H11IN2O3. The van der Waals surface area contributed by atoms with Crippen molar-refractivity contribution in [1.82, 2.24) is 10.6 Å². The summed E-state index contributed by atoms with van der Waals surface area (Å²) >= 11 is -0.243. The van der Waals surface area contributed by atoms with Crippen LogP contribution in [0.3, 0.4) is 0 Å². The highest BCUT2D eigenvalue weighted by molar-refractivity contribution is 14.2. The molecular weight excluding hydrogens is 347 g/mol. The average Bonchev–Trinajstić information content (AvgIpc) is 2.61. The molecule has 94 valence electrons. The minimum absolute atomic E-state index is 0.243. The van der Waals surface area contributed by atoms with Gasteiger partial charge in [-0.25, -0.2) is 0 Å². The number of hydrogen-bond donors (Lipinski definition) is 2. The summed E-state index contributed by atoms with van der Waals surface area (Å²) in [7, 11) is 0. The number of imide groups is 1. The second-order valence-electron chi connectivity index (χ2n) is 3.78. The van der Waals surface area contributed by atoms with E-state index in [0.717, 1.165) is 0 Å². The maximum Gasteiger partial charge on any atom is 0.252 e. The molecule has 0 aromatic carbocycles. The summed E-state index contributed by atoms with van der Waals surface area (Å²) in [5, 5.41) is 4.83. The predicted molar refractivity (Wildman–Crippen MR) is 75.1 cm³/mol. The molecule has 1 atom stereocenters. The third kappa shape index (κ3) is 3.24. The lowest BCUT2D eigenvalue weighted by Crippen LogP contribution is -2.52. The lowest BCUT2D eigenvalue weighted by Gasteiger charge is -2.21. The number of piperidine rings is 1. The number of nitrogens with one attached hydrogen (secondary N) is 2. The van der Waals surface area contributed by atoms with Gasteiger partial charge in [-0.1, -0.05) is 9.74 Å². The molecule has 0 spiro atoms. The zero-order valence-corrected chi connectivity index (χ0v) is 11.6. The van der Waals surface area contributed by atoms with Crippen molar-refractivity contribution in [3.63, 3.8) is 0 Å². The molecule has 1 unspecified atom stereocenters. The standard InChI is InChI=1S/C12H11IN2O3/c16-10-4-3-9(12(18)15-10)14-11(17)8-2-1-6-13-7-5-8/h1-2,5-6,9H,3-4H2,(H,14,17)(H,15,16,18). The summed E-state index contributed by atoms with van der Waals surface area (Å²) in [5.41, 5.74) is 0.480.